The van der Waals surface area contributed by atoms with Crippen molar-refractivity contribution in [3.8, 4) is 0 Å². The van der Waals surface area contributed by atoms with Crippen molar-refractivity contribution in [3.05, 3.63) is 134 Å². The van der Waals surface area contributed by atoms with E-state index in [4.69, 9.17) is 11.1 Å². The smallest absolute Gasteiger partial charge is 0.331 e. The van der Waals surface area contributed by atoms with Crippen molar-refractivity contribution in [2.75, 3.05) is 4.72 Å². The van der Waals surface area contributed by atoms with Gasteiger partial charge in [-0.15, -0.1) is 24.8 Å². The van der Waals surface area contributed by atoms with Crippen LogP contribution in [0, 0.1) is 5.41 Å². The van der Waals surface area contributed by atoms with Crippen molar-refractivity contribution >= 4 is 52.3 Å². The molecule has 0 radical (unpaired) electrons. The van der Waals surface area contributed by atoms with E-state index in [1.165, 1.54) is 4.57 Å². The van der Waals surface area contributed by atoms with Gasteiger partial charge in [-0.05, 0) is 16.7 Å². The van der Waals surface area contributed by atoms with E-state index in [9.17, 15) is 22.8 Å². The van der Waals surface area contributed by atoms with Gasteiger partial charge in [0.15, 0.2) is 0 Å². The number of benzene rings is 3. The highest BCUT2D eigenvalue weighted by molar-refractivity contribution is 7.91. The second-order valence-corrected chi connectivity index (χ2v) is 10.8. The number of halogens is 2. The largest absolute Gasteiger partial charge is 0.384 e. The zero-order valence-corrected chi connectivity index (χ0v) is 24.7. The number of aromatic nitrogens is 2. The lowest BCUT2D eigenvalue weighted by Crippen LogP contribution is -2.44. The summed E-state index contributed by atoms with van der Waals surface area (Å²) in [5.41, 5.74) is 5.92. The Balaban J connectivity index is 0.00000308. The molecule has 42 heavy (non-hydrogen) atoms. The van der Waals surface area contributed by atoms with Gasteiger partial charge in [0.1, 0.15) is 18.1 Å². The second-order valence-electron chi connectivity index (χ2n) is 9.06. The number of rotatable bonds is 11. The van der Waals surface area contributed by atoms with E-state index < -0.39 is 33.7 Å². The quantitative estimate of drug-likeness (QED) is 0.146. The van der Waals surface area contributed by atoms with Crippen LogP contribution in [0.5, 0.6) is 0 Å². The monoisotopic (exact) mass is 632 g/mol. The minimum Gasteiger partial charge on any atom is -0.384 e. The summed E-state index contributed by atoms with van der Waals surface area (Å²) in [6.45, 7) is -0.461. The fourth-order valence-corrected chi connectivity index (χ4v) is 5.13. The van der Waals surface area contributed by atoms with Crippen LogP contribution in [0.3, 0.4) is 0 Å². The first-order chi connectivity index (χ1) is 19.1. The molecule has 222 valence electrons. The minimum absolute atomic E-state index is 0. The normalized spacial score (nSPS) is 10.6. The molecule has 0 aliphatic heterocycles. The maximum atomic E-state index is 13.3. The summed E-state index contributed by atoms with van der Waals surface area (Å²) in [5, 5.41) is 10.1. The minimum atomic E-state index is -4.02. The fourth-order valence-electron chi connectivity index (χ4n) is 3.96. The maximum Gasteiger partial charge on any atom is 0.331 e. The van der Waals surface area contributed by atoms with E-state index >= 15 is 0 Å². The number of amides is 1. The molecular formula is C28H30Cl2N6O5S. The Kier molecular flexibility index (Phi) is 12.1. The number of nitrogen functional groups attached to an aromatic ring is 1. The fraction of sp³-hybridized carbons (Fsp3) is 0.143. The summed E-state index contributed by atoms with van der Waals surface area (Å²) in [5.74, 6) is -1.08. The molecule has 0 atom stereocenters. The van der Waals surface area contributed by atoms with Crippen LogP contribution in [0.2, 0.25) is 0 Å². The molecule has 1 amide bonds. The third-order valence-electron chi connectivity index (χ3n) is 5.95. The molecule has 0 unspecified atom stereocenters. The third-order valence-corrected chi connectivity index (χ3v) is 7.20. The summed E-state index contributed by atoms with van der Waals surface area (Å²) in [7, 11) is -4.02. The van der Waals surface area contributed by atoms with Gasteiger partial charge in [0.2, 0.25) is 15.9 Å². The third kappa shape index (κ3) is 9.06. The maximum absolute atomic E-state index is 13.3. The van der Waals surface area contributed by atoms with Gasteiger partial charge in [-0.2, -0.15) is 0 Å². The van der Waals surface area contributed by atoms with Crippen LogP contribution in [0.1, 0.15) is 22.3 Å². The number of sulfonamides is 1. The lowest BCUT2D eigenvalue weighted by atomic mass is 10.1. The Hall–Kier alpha value is -4.39. The van der Waals surface area contributed by atoms with Gasteiger partial charge in [-0.25, -0.2) is 17.8 Å². The van der Waals surface area contributed by atoms with Gasteiger partial charge in [0, 0.05) is 18.3 Å². The van der Waals surface area contributed by atoms with E-state index in [0.717, 1.165) is 17.3 Å². The van der Waals surface area contributed by atoms with Crippen LogP contribution in [0.15, 0.2) is 101 Å². The first-order valence-electron chi connectivity index (χ1n) is 12.2. The number of carbonyl (C=O) groups is 1. The molecule has 5 N–H and O–H groups in total. The molecule has 0 saturated carbocycles. The number of nitrogens with one attached hydrogen (secondary N) is 3. The number of hydrogen-bond donors (Lipinski definition) is 4. The predicted octanol–water partition coefficient (Wildman–Crippen LogP) is 2.44. The van der Waals surface area contributed by atoms with Gasteiger partial charge in [0.25, 0.3) is 5.56 Å². The molecule has 0 bridgehead atoms. The van der Waals surface area contributed by atoms with Crippen molar-refractivity contribution in [2.24, 2.45) is 5.73 Å². The van der Waals surface area contributed by atoms with Crippen LogP contribution >= 0.6 is 24.8 Å². The standard InChI is InChI=1S/C28H28N6O5S.2ClH/c29-26(30)23-13-11-20(12-14-23)15-31-25(35)18-34-27(36)24(32-40(38,39)19-22-9-5-2-6-10-22)17-33(28(34)37)16-21-7-3-1-4-8-21;;/h1-14,17,32H,15-16,18-19H2,(H3,29,30)(H,31,35);2*1H. The Bertz CT molecular complexity index is 1740. The van der Waals surface area contributed by atoms with Gasteiger partial charge in [-0.3, -0.25) is 24.3 Å². The topological polar surface area (TPSA) is 169 Å². The summed E-state index contributed by atoms with van der Waals surface area (Å²) < 4.78 is 30.0. The Morgan fingerprint density at radius 2 is 1.40 bits per heavy atom. The lowest BCUT2D eigenvalue weighted by molar-refractivity contribution is -0.121. The molecule has 0 fully saturated rings. The Morgan fingerprint density at radius 1 is 0.833 bits per heavy atom. The van der Waals surface area contributed by atoms with E-state index in [-0.39, 0.29) is 55.2 Å². The molecule has 4 rings (SSSR count). The number of hydrogen-bond acceptors (Lipinski definition) is 6. The number of nitrogens with two attached hydrogens (primary N) is 1. The molecule has 0 aliphatic rings. The van der Waals surface area contributed by atoms with Crippen LogP contribution in [0.25, 0.3) is 0 Å². The average molecular weight is 634 g/mol. The molecule has 1 heterocycles. The molecule has 11 nitrogen and oxygen atoms in total. The number of nitrogens with zero attached hydrogens (tertiary/aromatic N) is 2. The molecule has 14 heteroatoms. The molecule has 4 aromatic rings. The summed E-state index contributed by atoms with van der Waals surface area (Å²) in [4.78, 5) is 39.3. The predicted molar refractivity (Wildman–Crippen MR) is 167 cm³/mol. The molecule has 0 spiro atoms. The highest BCUT2D eigenvalue weighted by Gasteiger charge is 2.19. The van der Waals surface area contributed by atoms with Crippen LogP contribution in [0.4, 0.5) is 5.69 Å². The first-order valence-corrected chi connectivity index (χ1v) is 13.9. The van der Waals surface area contributed by atoms with Crippen LogP contribution < -0.4 is 27.0 Å². The highest BCUT2D eigenvalue weighted by atomic mass is 35.5. The summed E-state index contributed by atoms with van der Waals surface area (Å²) in [6, 6.07) is 24.1. The molecule has 0 aliphatic carbocycles. The number of amidine groups is 1. The molecular weight excluding hydrogens is 603 g/mol. The highest BCUT2D eigenvalue weighted by Crippen LogP contribution is 2.10. The van der Waals surface area contributed by atoms with Crippen molar-refractivity contribution in [1.82, 2.24) is 14.5 Å². The Morgan fingerprint density at radius 3 is 1.98 bits per heavy atom. The molecule has 0 saturated heterocycles. The summed E-state index contributed by atoms with van der Waals surface area (Å²) in [6.07, 6.45) is 1.16. The van der Waals surface area contributed by atoms with Crippen molar-refractivity contribution in [1.29, 1.82) is 5.41 Å². The SMILES string of the molecule is Cl.Cl.N=C(N)c1ccc(CNC(=O)Cn2c(=O)c(NS(=O)(=O)Cc3ccccc3)cn(Cc3ccccc3)c2=O)cc1. The number of anilines is 1. The van der Waals surface area contributed by atoms with Gasteiger partial charge >= 0.3 is 5.69 Å². The van der Waals surface area contributed by atoms with Crippen molar-refractivity contribution in [3.63, 3.8) is 0 Å². The van der Waals surface area contributed by atoms with Crippen LogP contribution in [-0.2, 0) is 40.2 Å². The van der Waals surface area contributed by atoms with Gasteiger partial charge in [-0.1, -0.05) is 84.9 Å². The van der Waals surface area contributed by atoms with E-state index in [1.807, 2.05) is 6.07 Å². The van der Waals surface area contributed by atoms with E-state index in [0.29, 0.717) is 15.7 Å². The van der Waals surface area contributed by atoms with Crippen LogP contribution in [-0.4, -0.2) is 29.3 Å². The molecule has 3 aromatic carbocycles. The zero-order valence-electron chi connectivity index (χ0n) is 22.2. The molecule has 1 aromatic heterocycles. The lowest BCUT2D eigenvalue weighted by Gasteiger charge is -2.15. The van der Waals surface area contributed by atoms with E-state index in [1.54, 1.807) is 78.9 Å². The van der Waals surface area contributed by atoms with E-state index in [2.05, 4.69) is 10.0 Å². The average Bonchev–Trinajstić information content (AvgIpc) is 2.93. The van der Waals surface area contributed by atoms with Gasteiger partial charge < -0.3 is 11.1 Å². The summed E-state index contributed by atoms with van der Waals surface area (Å²) >= 11 is 0. The van der Waals surface area contributed by atoms with Crippen molar-refractivity contribution < 1.29 is 13.2 Å². The zero-order chi connectivity index (χ0) is 28.7. The second kappa shape index (κ2) is 15.0. The Labute approximate surface area is 254 Å². The first kappa shape index (κ1) is 33.8. The van der Waals surface area contributed by atoms with Crippen molar-refractivity contribution in [2.45, 2.75) is 25.4 Å². The van der Waals surface area contributed by atoms with Gasteiger partial charge in [0.05, 0.1) is 12.3 Å². The number of carbonyl (C=O) groups excluding carboxylic acids is 1.